The molecule has 0 aliphatic heterocycles. The number of rotatable bonds is 3. The Bertz CT molecular complexity index is 279. The molecule has 0 fully saturated rings. The third-order valence-corrected chi connectivity index (χ3v) is 1.86. The highest BCUT2D eigenvalue weighted by atomic mass is 32.2. The fraction of sp³-hybridized carbons (Fsp3) is 0.818. The lowest BCUT2D eigenvalue weighted by molar-refractivity contribution is -0.183. The van der Waals surface area contributed by atoms with Crippen molar-refractivity contribution >= 4 is 23.3 Å². The Balaban J connectivity index is 4.76. The van der Waals surface area contributed by atoms with Crippen molar-refractivity contribution in [1.29, 1.82) is 0 Å². The van der Waals surface area contributed by atoms with E-state index in [0.29, 0.717) is 11.6 Å². The van der Waals surface area contributed by atoms with E-state index in [1.807, 2.05) is 41.5 Å². The lowest BCUT2D eigenvalue weighted by Crippen LogP contribution is -2.36. The van der Waals surface area contributed by atoms with Crippen molar-refractivity contribution in [2.75, 3.05) is 6.26 Å². The molecule has 0 aliphatic carbocycles. The van der Waals surface area contributed by atoms with E-state index in [-0.39, 0.29) is 0 Å². The second kappa shape index (κ2) is 6.26. The molecular weight excluding hydrogens is 240 g/mol. The van der Waals surface area contributed by atoms with Gasteiger partial charge in [0.2, 0.25) is 11.6 Å². The van der Waals surface area contributed by atoms with E-state index in [1.54, 1.807) is 6.26 Å². The summed E-state index contributed by atoms with van der Waals surface area (Å²) in [7, 11) is 0. The van der Waals surface area contributed by atoms with Crippen LogP contribution in [0.15, 0.2) is 5.16 Å². The minimum absolute atomic E-state index is 0.366. The second-order valence-corrected chi connectivity index (χ2v) is 6.19. The molecule has 100 valence electrons. The number of amidine groups is 1. The molecule has 0 aromatic carbocycles. The summed E-state index contributed by atoms with van der Waals surface area (Å²) < 4.78 is 0. The van der Waals surface area contributed by atoms with Crippen LogP contribution >= 0.6 is 11.8 Å². The summed E-state index contributed by atoms with van der Waals surface area (Å²) in [5.41, 5.74) is -0.879. The predicted molar refractivity (Wildman–Crippen MR) is 70.5 cm³/mol. The Morgan fingerprint density at radius 2 is 1.71 bits per heavy atom. The fourth-order valence-electron chi connectivity index (χ4n) is 0.744. The molecule has 0 rings (SSSR count). The number of hydrogen-bond acceptors (Lipinski definition) is 5. The lowest BCUT2D eigenvalue weighted by atomic mass is 10.2. The summed E-state index contributed by atoms with van der Waals surface area (Å²) in [4.78, 5) is 21.7. The number of hydroxylamine groups is 2. The maximum atomic E-state index is 11.0. The molecule has 0 aromatic rings. The maximum absolute atomic E-state index is 11.0. The second-order valence-electron chi connectivity index (χ2n) is 5.42. The minimum atomic E-state index is -0.473. The Morgan fingerprint density at radius 3 is 2.00 bits per heavy atom. The van der Waals surface area contributed by atoms with Crippen molar-refractivity contribution in [3.63, 3.8) is 0 Å². The normalized spacial score (nSPS) is 13.5. The highest BCUT2D eigenvalue weighted by Gasteiger charge is 2.21. The summed E-state index contributed by atoms with van der Waals surface area (Å²) in [6.07, 6.45) is 2.37. The molecule has 0 N–H and O–H groups in total. The number of hydrogen-bond donors (Lipinski definition) is 0. The molecule has 0 heterocycles. The van der Waals surface area contributed by atoms with Gasteiger partial charge < -0.3 is 4.84 Å². The first-order chi connectivity index (χ1) is 7.59. The zero-order valence-corrected chi connectivity index (χ0v) is 12.4. The zero-order chi connectivity index (χ0) is 13.7. The average Bonchev–Trinajstić information content (AvgIpc) is 2.13. The van der Waals surface area contributed by atoms with Gasteiger partial charge in [-0.2, -0.15) is 5.06 Å². The first-order valence-electron chi connectivity index (χ1n) is 5.33. The molecule has 0 aliphatic rings. The van der Waals surface area contributed by atoms with Gasteiger partial charge >= 0.3 is 0 Å². The molecule has 0 atom stereocenters. The first-order valence-corrected chi connectivity index (χ1v) is 6.55. The molecule has 0 saturated carbocycles. The average molecular weight is 262 g/mol. The van der Waals surface area contributed by atoms with Crippen LogP contribution in [0.5, 0.6) is 0 Å². The molecule has 0 unspecified atom stereocenters. The van der Waals surface area contributed by atoms with Gasteiger partial charge in [-0.05, 0) is 47.8 Å². The number of thioether (sulfide) groups is 1. The molecule has 5 nitrogen and oxygen atoms in total. The van der Waals surface area contributed by atoms with Gasteiger partial charge in [-0.3, -0.25) is 9.63 Å². The number of amides is 1. The maximum Gasteiger partial charge on any atom is 0.240 e. The number of carbonyl (C=O) groups is 1. The van der Waals surface area contributed by atoms with Crippen LogP contribution < -0.4 is 0 Å². The van der Waals surface area contributed by atoms with Crippen LogP contribution in [-0.4, -0.2) is 34.1 Å². The molecule has 0 radical (unpaired) electrons. The molecule has 0 bridgehead atoms. The van der Waals surface area contributed by atoms with Gasteiger partial charge in [0.05, 0.1) is 5.60 Å². The fourth-order valence-corrected chi connectivity index (χ4v) is 1.12. The minimum Gasteiger partial charge on any atom is -0.388 e. The Hall–Kier alpha value is -0.750. The largest absolute Gasteiger partial charge is 0.388 e. The highest BCUT2D eigenvalue weighted by molar-refractivity contribution is 8.13. The summed E-state index contributed by atoms with van der Waals surface area (Å²) in [6.45, 7) is 11.2. The van der Waals surface area contributed by atoms with Gasteiger partial charge in [0.1, 0.15) is 5.60 Å². The van der Waals surface area contributed by atoms with Crippen molar-refractivity contribution in [3.8, 4) is 0 Å². The molecular formula is C11H22N2O3S. The molecule has 1 amide bonds. The van der Waals surface area contributed by atoms with E-state index < -0.39 is 11.2 Å². The van der Waals surface area contributed by atoms with Gasteiger partial charge in [0.25, 0.3) is 0 Å². The van der Waals surface area contributed by atoms with Gasteiger partial charge in [-0.1, -0.05) is 16.9 Å². The van der Waals surface area contributed by atoms with Crippen LogP contribution in [0.25, 0.3) is 0 Å². The van der Waals surface area contributed by atoms with Crippen LogP contribution in [0.3, 0.4) is 0 Å². The van der Waals surface area contributed by atoms with Crippen molar-refractivity contribution in [3.05, 3.63) is 0 Å². The van der Waals surface area contributed by atoms with Gasteiger partial charge in [-0.25, -0.2) is 0 Å². The Morgan fingerprint density at radius 1 is 1.18 bits per heavy atom. The number of nitrogens with zero attached hydrogens (tertiary/aromatic N) is 2. The third kappa shape index (κ3) is 8.04. The van der Waals surface area contributed by atoms with Crippen molar-refractivity contribution in [2.45, 2.75) is 52.7 Å². The Labute approximate surface area is 107 Å². The monoisotopic (exact) mass is 262 g/mol. The van der Waals surface area contributed by atoms with Crippen LogP contribution in [0, 0.1) is 0 Å². The van der Waals surface area contributed by atoms with Crippen LogP contribution in [-0.2, 0) is 14.5 Å². The summed E-state index contributed by atoms with van der Waals surface area (Å²) in [5, 5.41) is 5.36. The standard InChI is InChI=1S/C11H22N2O3S/c1-10(2,3)15-12-9(17-7)13(8-14)16-11(4,5)6/h8H,1-7H3. The van der Waals surface area contributed by atoms with Gasteiger partial charge in [-0.15, -0.1) is 0 Å². The van der Waals surface area contributed by atoms with Gasteiger partial charge in [0, 0.05) is 0 Å². The zero-order valence-electron chi connectivity index (χ0n) is 11.6. The topological polar surface area (TPSA) is 51.1 Å². The van der Waals surface area contributed by atoms with E-state index in [9.17, 15) is 4.79 Å². The van der Waals surface area contributed by atoms with Crippen LogP contribution in [0.4, 0.5) is 0 Å². The molecule has 6 heteroatoms. The van der Waals surface area contributed by atoms with E-state index in [1.165, 1.54) is 11.8 Å². The van der Waals surface area contributed by atoms with E-state index in [2.05, 4.69) is 5.16 Å². The summed E-state index contributed by atoms with van der Waals surface area (Å²) in [5.74, 6) is 0. The first kappa shape index (κ1) is 16.2. The summed E-state index contributed by atoms with van der Waals surface area (Å²) in [6, 6.07) is 0. The highest BCUT2D eigenvalue weighted by Crippen LogP contribution is 2.15. The molecule has 0 aromatic heterocycles. The SMILES string of the molecule is CSC(=NOC(C)(C)C)N(C=O)OC(C)(C)C. The van der Waals surface area contributed by atoms with E-state index in [4.69, 9.17) is 9.68 Å². The van der Waals surface area contributed by atoms with Crippen molar-refractivity contribution in [1.82, 2.24) is 5.06 Å². The molecule has 0 saturated heterocycles. The predicted octanol–water partition coefficient (Wildman–Crippen LogP) is 2.62. The van der Waals surface area contributed by atoms with Crippen molar-refractivity contribution in [2.24, 2.45) is 5.16 Å². The quantitative estimate of drug-likeness (QED) is 0.339. The smallest absolute Gasteiger partial charge is 0.240 e. The molecule has 0 spiro atoms. The number of oxime groups is 1. The third-order valence-electron chi connectivity index (χ3n) is 1.24. The lowest BCUT2D eigenvalue weighted by Gasteiger charge is -2.26. The van der Waals surface area contributed by atoms with Crippen molar-refractivity contribution < 1.29 is 14.5 Å². The molecule has 17 heavy (non-hydrogen) atoms. The van der Waals surface area contributed by atoms with Crippen LogP contribution in [0.2, 0.25) is 0 Å². The van der Waals surface area contributed by atoms with Gasteiger partial charge in [0.15, 0.2) is 0 Å². The summed E-state index contributed by atoms with van der Waals surface area (Å²) >= 11 is 1.28. The van der Waals surface area contributed by atoms with Crippen LogP contribution in [0.1, 0.15) is 41.5 Å². The Kier molecular flexibility index (Phi) is 5.98. The number of carbonyl (C=O) groups excluding carboxylic acids is 1. The van der Waals surface area contributed by atoms with E-state index >= 15 is 0 Å². The van der Waals surface area contributed by atoms with E-state index in [0.717, 1.165) is 5.06 Å².